The normalized spacial score (nSPS) is 11.9. The highest BCUT2D eigenvalue weighted by atomic mass is 79.9. The van der Waals surface area contributed by atoms with E-state index in [0.29, 0.717) is 6.42 Å². The minimum Gasteiger partial charge on any atom is -0.324 e. The highest BCUT2D eigenvalue weighted by molar-refractivity contribution is 9.09. The lowest BCUT2D eigenvalue weighted by atomic mass is 10.1. The lowest BCUT2D eigenvalue weighted by Gasteiger charge is -2.04. The van der Waals surface area contributed by atoms with E-state index in [2.05, 4.69) is 15.9 Å². The highest BCUT2D eigenvalue weighted by Crippen LogP contribution is 2.35. The van der Waals surface area contributed by atoms with Crippen LogP contribution in [0.3, 0.4) is 0 Å². The minimum atomic E-state index is -3.75. The maximum Gasteiger partial charge on any atom is 0.325 e. The van der Waals surface area contributed by atoms with Crippen LogP contribution in [0.15, 0.2) is 0 Å². The van der Waals surface area contributed by atoms with E-state index in [9.17, 15) is 4.57 Å². The number of rotatable bonds is 14. The van der Waals surface area contributed by atoms with Gasteiger partial charge in [0.1, 0.15) is 0 Å². The molecular weight excluding hydrogens is 327 g/mol. The Hall–Kier alpha value is 0.630. The lowest BCUT2D eigenvalue weighted by Crippen LogP contribution is -1.88. The quantitative estimate of drug-likeness (QED) is 0.254. The first-order valence-electron chi connectivity index (χ1n) is 7.67. The number of alkyl halides is 1. The Labute approximate surface area is 126 Å². The SMILES string of the molecule is O=P(O)(O)CCCCCCCCCCCCCCBr. The summed E-state index contributed by atoms with van der Waals surface area (Å²) in [7, 11) is -3.75. The van der Waals surface area contributed by atoms with Gasteiger partial charge in [0.25, 0.3) is 0 Å². The number of unbranched alkanes of at least 4 members (excludes halogenated alkanes) is 11. The topological polar surface area (TPSA) is 57.5 Å². The van der Waals surface area contributed by atoms with Crippen molar-refractivity contribution in [1.82, 2.24) is 0 Å². The molecule has 0 aliphatic rings. The van der Waals surface area contributed by atoms with E-state index in [4.69, 9.17) is 9.79 Å². The zero-order valence-corrected chi connectivity index (χ0v) is 14.5. The van der Waals surface area contributed by atoms with E-state index in [1.165, 1.54) is 57.8 Å². The average molecular weight is 357 g/mol. The second-order valence-electron chi connectivity index (χ2n) is 5.32. The van der Waals surface area contributed by atoms with Crippen molar-refractivity contribution in [3.05, 3.63) is 0 Å². The van der Waals surface area contributed by atoms with E-state index < -0.39 is 7.60 Å². The van der Waals surface area contributed by atoms with E-state index in [1.807, 2.05) is 0 Å². The van der Waals surface area contributed by atoms with Crippen molar-refractivity contribution >= 4 is 23.5 Å². The molecule has 0 saturated carbocycles. The molecule has 0 fully saturated rings. The molecule has 0 rings (SSSR count). The third-order valence-corrected chi connectivity index (χ3v) is 4.79. The molecule has 0 heterocycles. The number of halogens is 1. The van der Waals surface area contributed by atoms with Gasteiger partial charge in [-0.25, -0.2) is 0 Å². The summed E-state index contributed by atoms with van der Waals surface area (Å²) in [6.45, 7) is 0. The number of hydrogen-bond donors (Lipinski definition) is 2. The third kappa shape index (κ3) is 18.6. The fourth-order valence-corrected chi connectivity index (χ4v) is 3.21. The van der Waals surface area contributed by atoms with Crippen LogP contribution in [0.5, 0.6) is 0 Å². The van der Waals surface area contributed by atoms with Crippen LogP contribution in [0.4, 0.5) is 0 Å². The molecule has 19 heavy (non-hydrogen) atoms. The summed E-state index contributed by atoms with van der Waals surface area (Å²) in [5.74, 6) is 0. The Balaban J connectivity index is 3.01. The number of hydrogen-bond acceptors (Lipinski definition) is 1. The predicted molar refractivity (Wildman–Crippen MR) is 86.1 cm³/mol. The van der Waals surface area contributed by atoms with Crippen molar-refractivity contribution < 1.29 is 14.4 Å². The molecule has 0 bridgehead atoms. The van der Waals surface area contributed by atoms with Gasteiger partial charge in [-0.05, 0) is 12.8 Å². The van der Waals surface area contributed by atoms with Crippen LogP contribution in [0.1, 0.15) is 77.0 Å². The Morgan fingerprint density at radius 1 is 0.632 bits per heavy atom. The molecule has 0 radical (unpaired) electrons. The fraction of sp³-hybridized carbons (Fsp3) is 1.00. The standard InChI is InChI=1S/C14H30BrO3P/c15-13-11-9-7-5-3-1-2-4-6-8-10-12-14-19(16,17)18/h1-14H2,(H2,16,17,18). The first-order valence-corrected chi connectivity index (χ1v) is 10.6. The van der Waals surface area contributed by atoms with E-state index in [0.717, 1.165) is 18.2 Å². The first kappa shape index (κ1) is 19.6. The second-order valence-corrected chi connectivity index (χ2v) is 7.89. The Morgan fingerprint density at radius 2 is 0.947 bits per heavy atom. The largest absolute Gasteiger partial charge is 0.325 e. The molecule has 0 amide bonds. The Morgan fingerprint density at radius 3 is 1.26 bits per heavy atom. The molecule has 5 heteroatoms. The van der Waals surface area contributed by atoms with Crippen LogP contribution in [0.2, 0.25) is 0 Å². The smallest absolute Gasteiger partial charge is 0.324 e. The van der Waals surface area contributed by atoms with Crippen molar-refractivity contribution in [3.63, 3.8) is 0 Å². The van der Waals surface area contributed by atoms with Gasteiger partial charge in [-0.3, -0.25) is 4.57 Å². The van der Waals surface area contributed by atoms with Crippen molar-refractivity contribution in [1.29, 1.82) is 0 Å². The average Bonchev–Trinajstić information content (AvgIpc) is 2.34. The van der Waals surface area contributed by atoms with Gasteiger partial charge in [0.05, 0.1) is 0 Å². The Bertz CT molecular complexity index is 231. The van der Waals surface area contributed by atoms with Crippen LogP contribution in [-0.2, 0) is 4.57 Å². The monoisotopic (exact) mass is 356 g/mol. The summed E-state index contributed by atoms with van der Waals surface area (Å²) in [4.78, 5) is 17.4. The van der Waals surface area contributed by atoms with Crippen LogP contribution < -0.4 is 0 Å². The third-order valence-electron chi connectivity index (χ3n) is 3.33. The second kappa shape index (κ2) is 13.6. The maximum atomic E-state index is 10.6. The first-order chi connectivity index (χ1) is 9.06. The van der Waals surface area contributed by atoms with Crippen molar-refractivity contribution in [2.45, 2.75) is 77.0 Å². The van der Waals surface area contributed by atoms with Gasteiger partial charge in [-0.2, -0.15) is 0 Å². The Kier molecular flexibility index (Phi) is 14.1. The van der Waals surface area contributed by atoms with Gasteiger partial charge in [0, 0.05) is 11.5 Å². The maximum absolute atomic E-state index is 10.6. The van der Waals surface area contributed by atoms with Crippen molar-refractivity contribution in [2.24, 2.45) is 0 Å². The van der Waals surface area contributed by atoms with Crippen molar-refractivity contribution in [3.8, 4) is 0 Å². The molecule has 3 nitrogen and oxygen atoms in total. The summed E-state index contributed by atoms with van der Waals surface area (Å²) in [5, 5.41) is 1.13. The minimum absolute atomic E-state index is 0.0569. The van der Waals surface area contributed by atoms with Gasteiger partial charge >= 0.3 is 7.60 Å². The summed E-state index contributed by atoms with van der Waals surface area (Å²) >= 11 is 3.45. The summed E-state index contributed by atoms with van der Waals surface area (Å²) in [5.41, 5.74) is 0. The predicted octanol–water partition coefficient (Wildman–Crippen LogP) is 5.24. The molecule has 0 saturated heterocycles. The molecule has 0 aromatic heterocycles. The molecule has 2 N–H and O–H groups in total. The molecule has 116 valence electrons. The lowest BCUT2D eigenvalue weighted by molar-refractivity contribution is 0.370. The summed E-state index contributed by atoms with van der Waals surface area (Å²) in [6.07, 6.45) is 14.7. The summed E-state index contributed by atoms with van der Waals surface area (Å²) < 4.78 is 10.6. The van der Waals surface area contributed by atoms with Gasteiger partial charge in [0.15, 0.2) is 0 Å². The van der Waals surface area contributed by atoms with E-state index in [1.54, 1.807) is 0 Å². The zero-order chi connectivity index (χ0) is 14.4. The van der Waals surface area contributed by atoms with Gasteiger partial charge in [0.2, 0.25) is 0 Å². The van der Waals surface area contributed by atoms with Crippen LogP contribution in [0.25, 0.3) is 0 Å². The fourth-order valence-electron chi connectivity index (χ4n) is 2.18. The molecule has 0 aromatic carbocycles. The molecular formula is C14H30BrO3P. The van der Waals surface area contributed by atoms with Gasteiger partial charge < -0.3 is 9.79 Å². The molecule has 0 aliphatic carbocycles. The van der Waals surface area contributed by atoms with Gasteiger partial charge in [-0.1, -0.05) is 80.1 Å². The van der Waals surface area contributed by atoms with Crippen LogP contribution in [0, 0.1) is 0 Å². The van der Waals surface area contributed by atoms with Crippen molar-refractivity contribution in [2.75, 3.05) is 11.5 Å². The molecule has 0 aromatic rings. The molecule has 0 unspecified atom stereocenters. The van der Waals surface area contributed by atoms with Crippen LogP contribution >= 0.6 is 23.5 Å². The van der Waals surface area contributed by atoms with Gasteiger partial charge in [-0.15, -0.1) is 0 Å². The highest BCUT2D eigenvalue weighted by Gasteiger charge is 2.10. The zero-order valence-electron chi connectivity index (χ0n) is 12.0. The molecule has 0 atom stereocenters. The van der Waals surface area contributed by atoms with Crippen LogP contribution in [-0.4, -0.2) is 21.3 Å². The molecule has 0 aliphatic heterocycles. The summed E-state index contributed by atoms with van der Waals surface area (Å²) in [6, 6.07) is 0. The molecule has 0 spiro atoms. The van der Waals surface area contributed by atoms with E-state index in [-0.39, 0.29) is 6.16 Å². The van der Waals surface area contributed by atoms with E-state index >= 15 is 0 Å².